The molecule has 1 fully saturated rings. The van der Waals surface area contributed by atoms with Gasteiger partial charge in [0, 0.05) is 19.1 Å². The molecular formula is C16H15F2N3O. The number of furan rings is 1. The van der Waals surface area contributed by atoms with E-state index in [-0.39, 0.29) is 17.5 Å². The Balaban J connectivity index is 1.59. The lowest BCUT2D eigenvalue weighted by atomic mass is 10.2. The fraction of sp³-hybridized carbons (Fsp3) is 0.312. The quantitative estimate of drug-likeness (QED) is 0.943. The molecule has 1 unspecified atom stereocenters. The third-order valence-electron chi connectivity index (χ3n) is 3.78. The predicted molar refractivity (Wildman–Crippen MR) is 77.2 cm³/mol. The molecule has 1 saturated heterocycles. The second-order valence-corrected chi connectivity index (χ2v) is 5.26. The highest BCUT2D eigenvalue weighted by atomic mass is 19.1. The van der Waals surface area contributed by atoms with Gasteiger partial charge >= 0.3 is 0 Å². The van der Waals surface area contributed by atoms with Crippen molar-refractivity contribution in [2.24, 2.45) is 0 Å². The standard InChI is InChI=1S/C16H15F2N3O/c17-14-2-1-3-15(18)16(14)21-7-6-11(10-21)20-9-13-5-4-12(8-19)22-13/h1-5,11,20H,6-7,9-10H2. The van der Waals surface area contributed by atoms with Crippen LogP contribution in [0.5, 0.6) is 0 Å². The van der Waals surface area contributed by atoms with E-state index < -0.39 is 11.6 Å². The van der Waals surface area contributed by atoms with Gasteiger partial charge in [-0.3, -0.25) is 0 Å². The summed E-state index contributed by atoms with van der Waals surface area (Å²) in [5.41, 5.74) is 0.0385. The molecule has 4 nitrogen and oxygen atoms in total. The van der Waals surface area contributed by atoms with Crippen LogP contribution in [-0.4, -0.2) is 19.1 Å². The van der Waals surface area contributed by atoms with Crippen molar-refractivity contribution < 1.29 is 13.2 Å². The van der Waals surface area contributed by atoms with Crippen molar-refractivity contribution in [3.05, 3.63) is 53.5 Å². The lowest BCUT2D eigenvalue weighted by molar-refractivity contribution is 0.449. The molecule has 1 aromatic heterocycles. The van der Waals surface area contributed by atoms with E-state index in [2.05, 4.69) is 5.32 Å². The summed E-state index contributed by atoms with van der Waals surface area (Å²) in [6.45, 7) is 1.61. The highest BCUT2D eigenvalue weighted by Crippen LogP contribution is 2.26. The average Bonchev–Trinajstić information content (AvgIpc) is 3.14. The molecule has 0 spiro atoms. The van der Waals surface area contributed by atoms with Gasteiger partial charge in [-0.25, -0.2) is 8.78 Å². The molecule has 3 rings (SSSR count). The van der Waals surface area contributed by atoms with Gasteiger partial charge in [-0.15, -0.1) is 0 Å². The Hall–Kier alpha value is -2.39. The molecular weight excluding hydrogens is 288 g/mol. The topological polar surface area (TPSA) is 52.2 Å². The van der Waals surface area contributed by atoms with E-state index in [1.54, 1.807) is 17.0 Å². The number of halogens is 2. The maximum Gasteiger partial charge on any atom is 0.203 e. The van der Waals surface area contributed by atoms with E-state index in [0.29, 0.717) is 25.4 Å². The Morgan fingerprint density at radius 1 is 1.27 bits per heavy atom. The number of rotatable bonds is 4. The maximum atomic E-state index is 13.8. The Morgan fingerprint density at radius 3 is 2.73 bits per heavy atom. The van der Waals surface area contributed by atoms with Gasteiger partial charge in [-0.1, -0.05) is 6.07 Å². The Bertz CT molecular complexity index is 687. The summed E-state index contributed by atoms with van der Waals surface area (Å²) >= 11 is 0. The van der Waals surface area contributed by atoms with Crippen LogP contribution < -0.4 is 10.2 Å². The van der Waals surface area contributed by atoms with Gasteiger partial charge in [0.15, 0.2) is 0 Å². The number of para-hydroxylation sites is 1. The summed E-state index contributed by atoms with van der Waals surface area (Å²) < 4.78 is 32.8. The molecule has 1 N–H and O–H groups in total. The molecule has 0 radical (unpaired) electrons. The third kappa shape index (κ3) is 2.95. The van der Waals surface area contributed by atoms with Gasteiger partial charge in [-0.05, 0) is 30.7 Å². The SMILES string of the molecule is N#Cc1ccc(CNC2CCN(c3c(F)cccc3F)C2)o1. The zero-order chi connectivity index (χ0) is 15.5. The average molecular weight is 303 g/mol. The summed E-state index contributed by atoms with van der Waals surface area (Å²) in [6, 6.07) is 9.32. The van der Waals surface area contributed by atoms with E-state index in [4.69, 9.17) is 9.68 Å². The van der Waals surface area contributed by atoms with Crippen molar-refractivity contribution in [1.29, 1.82) is 5.26 Å². The molecule has 0 aliphatic carbocycles. The minimum absolute atomic E-state index is 0.0385. The summed E-state index contributed by atoms with van der Waals surface area (Å²) in [5, 5.41) is 12.0. The fourth-order valence-electron chi connectivity index (χ4n) is 2.70. The van der Waals surface area contributed by atoms with Crippen molar-refractivity contribution in [2.45, 2.75) is 19.0 Å². The van der Waals surface area contributed by atoms with E-state index >= 15 is 0 Å². The number of hydrogen-bond acceptors (Lipinski definition) is 4. The minimum atomic E-state index is -0.537. The fourth-order valence-corrected chi connectivity index (χ4v) is 2.70. The monoisotopic (exact) mass is 303 g/mol. The van der Waals surface area contributed by atoms with Crippen LogP contribution >= 0.6 is 0 Å². The Morgan fingerprint density at radius 2 is 2.05 bits per heavy atom. The molecule has 114 valence electrons. The number of hydrogen-bond donors (Lipinski definition) is 1. The molecule has 0 bridgehead atoms. The molecule has 22 heavy (non-hydrogen) atoms. The molecule has 6 heteroatoms. The highest BCUT2D eigenvalue weighted by molar-refractivity contribution is 5.50. The number of anilines is 1. The lowest BCUT2D eigenvalue weighted by Crippen LogP contribution is -2.32. The Labute approximate surface area is 126 Å². The van der Waals surface area contributed by atoms with Crippen LogP contribution in [0.2, 0.25) is 0 Å². The zero-order valence-electron chi connectivity index (χ0n) is 11.9. The van der Waals surface area contributed by atoms with E-state index in [1.165, 1.54) is 18.2 Å². The first kappa shape index (κ1) is 14.5. The number of nitriles is 1. The highest BCUT2D eigenvalue weighted by Gasteiger charge is 2.26. The number of benzene rings is 1. The van der Waals surface area contributed by atoms with Gasteiger partial charge < -0.3 is 14.6 Å². The molecule has 2 aromatic rings. The largest absolute Gasteiger partial charge is 0.449 e. The first-order valence-corrected chi connectivity index (χ1v) is 7.08. The van der Waals surface area contributed by atoms with Crippen LogP contribution in [0.4, 0.5) is 14.5 Å². The summed E-state index contributed by atoms with van der Waals surface area (Å²) in [7, 11) is 0. The van der Waals surface area contributed by atoms with E-state index in [9.17, 15) is 8.78 Å². The van der Waals surface area contributed by atoms with Crippen LogP contribution in [0.25, 0.3) is 0 Å². The molecule has 2 heterocycles. The first-order chi connectivity index (χ1) is 10.7. The third-order valence-corrected chi connectivity index (χ3v) is 3.78. The molecule has 0 amide bonds. The van der Waals surface area contributed by atoms with Crippen LogP contribution in [-0.2, 0) is 6.54 Å². The van der Waals surface area contributed by atoms with Crippen LogP contribution in [0.15, 0.2) is 34.7 Å². The van der Waals surface area contributed by atoms with Gasteiger partial charge in [0.25, 0.3) is 0 Å². The van der Waals surface area contributed by atoms with Crippen molar-refractivity contribution in [1.82, 2.24) is 5.32 Å². The lowest BCUT2D eigenvalue weighted by Gasteiger charge is -2.20. The van der Waals surface area contributed by atoms with Crippen molar-refractivity contribution in [3.8, 4) is 6.07 Å². The normalized spacial score (nSPS) is 17.7. The van der Waals surface area contributed by atoms with Gasteiger partial charge in [0.2, 0.25) is 5.76 Å². The van der Waals surface area contributed by atoms with Crippen molar-refractivity contribution in [2.75, 3.05) is 18.0 Å². The second kappa shape index (κ2) is 6.16. The van der Waals surface area contributed by atoms with Gasteiger partial charge in [-0.2, -0.15) is 5.26 Å². The van der Waals surface area contributed by atoms with Gasteiger partial charge in [0.05, 0.1) is 6.54 Å². The van der Waals surface area contributed by atoms with Crippen LogP contribution in [0, 0.1) is 23.0 Å². The molecule has 1 aliphatic heterocycles. The molecule has 1 aromatic carbocycles. The van der Waals surface area contributed by atoms with Gasteiger partial charge in [0.1, 0.15) is 29.2 Å². The predicted octanol–water partition coefficient (Wildman–Crippen LogP) is 2.80. The van der Waals surface area contributed by atoms with E-state index in [0.717, 1.165) is 6.42 Å². The number of nitrogens with one attached hydrogen (secondary N) is 1. The zero-order valence-corrected chi connectivity index (χ0v) is 11.9. The smallest absolute Gasteiger partial charge is 0.203 e. The van der Waals surface area contributed by atoms with Crippen molar-refractivity contribution in [3.63, 3.8) is 0 Å². The first-order valence-electron chi connectivity index (χ1n) is 7.08. The molecule has 1 aliphatic rings. The van der Waals surface area contributed by atoms with Crippen LogP contribution in [0.3, 0.4) is 0 Å². The summed E-state index contributed by atoms with van der Waals surface area (Å²) in [4.78, 5) is 1.71. The number of nitrogens with zero attached hydrogens (tertiary/aromatic N) is 2. The molecule has 1 atom stereocenters. The van der Waals surface area contributed by atoms with Crippen LogP contribution in [0.1, 0.15) is 17.9 Å². The maximum absolute atomic E-state index is 13.8. The summed E-state index contributed by atoms with van der Waals surface area (Å²) in [5.74, 6) is -0.124. The molecule has 0 saturated carbocycles. The minimum Gasteiger partial charge on any atom is -0.449 e. The Kier molecular flexibility index (Phi) is 4.07. The second-order valence-electron chi connectivity index (χ2n) is 5.26. The van der Waals surface area contributed by atoms with Crippen molar-refractivity contribution >= 4 is 5.69 Å². The summed E-state index contributed by atoms with van der Waals surface area (Å²) in [6.07, 6.45) is 0.791. The van der Waals surface area contributed by atoms with E-state index in [1.807, 2.05) is 6.07 Å².